The number of benzene rings is 3. The van der Waals surface area contributed by atoms with Crippen molar-refractivity contribution in [1.82, 2.24) is 4.98 Å². The quantitative estimate of drug-likeness (QED) is 0.216. The highest BCUT2D eigenvalue weighted by molar-refractivity contribution is 7.22. The molecule has 5 rings (SSSR count). The molecule has 1 saturated heterocycles. The fraction of sp³-hybridized carbons (Fsp3) is 0.179. The normalized spacial score (nSPS) is 17.5. The van der Waals surface area contributed by atoms with Gasteiger partial charge in [-0.25, -0.2) is 4.98 Å². The summed E-state index contributed by atoms with van der Waals surface area (Å²) in [7, 11) is 0. The van der Waals surface area contributed by atoms with E-state index in [1.807, 2.05) is 52.0 Å². The molecule has 35 heavy (non-hydrogen) atoms. The molecule has 176 valence electrons. The van der Waals surface area contributed by atoms with Crippen molar-refractivity contribution in [2.45, 2.75) is 33.7 Å². The van der Waals surface area contributed by atoms with Gasteiger partial charge in [0.2, 0.25) is 0 Å². The summed E-state index contributed by atoms with van der Waals surface area (Å²) < 4.78 is 0.915. The highest BCUT2D eigenvalue weighted by Crippen LogP contribution is 2.45. The number of thiazole rings is 1. The zero-order valence-corrected chi connectivity index (χ0v) is 20.6. The van der Waals surface area contributed by atoms with Crippen LogP contribution in [0.3, 0.4) is 0 Å². The van der Waals surface area contributed by atoms with Crippen LogP contribution in [0.1, 0.15) is 39.4 Å². The number of phenols is 1. The smallest absolute Gasteiger partial charge is 0.301 e. The first kappa shape index (κ1) is 22.8. The molecule has 1 fully saturated rings. The number of fused-ring (bicyclic) bond motifs is 1. The second kappa shape index (κ2) is 8.36. The van der Waals surface area contributed by atoms with Gasteiger partial charge in [-0.2, -0.15) is 0 Å². The van der Waals surface area contributed by atoms with E-state index in [1.165, 1.54) is 28.4 Å². The van der Waals surface area contributed by atoms with E-state index < -0.39 is 17.7 Å². The predicted molar refractivity (Wildman–Crippen MR) is 138 cm³/mol. The number of aliphatic hydroxyl groups excluding tert-OH is 1. The Bertz CT molecular complexity index is 1550. The molecule has 0 spiro atoms. The van der Waals surface area contributed by atoms with E-state index in [4.69, 9.17) is 4.98 Å². The summed E-state index contributed by atoms with van der Waals surface area (Å²) in [5.41, 5.74) is 5.63. The average Bonchev–Trinajstić information content (AvgIpc) is 3.34. The molecular formula is C28H24N2O4S. The molecule has 0 bridgehead atoms. The number of ketones is 1. The van der Waals surface area contributed by atoms with Gasteiger partial charge < -0.3 is 10.2 Å². The fourth-order valence-electron chi connectivity index (χ4n) is 4.60. The molecule has 0 saturated carbocycles. The molecule has 1 unspecified atom stereocenters. The van der Waals surface area contributed by atoms with Crippen molar-refractivity contribution >= 4 is 44.1 Å². The summed E-state index contributed by atoms with van der Waals surface area (Å²) in [6.45, 7) is 7.71. The van der Waals surface area contributed by atoms with Crippen LogP contribution in [-0.2, 0) is 9.59 Å². The first-order valence-corrected chi connectivity index (χ1v) is 12.0. The van der Waals surface area contributed by atoms with Crippen molar-refractivity contribution in [2.24, 2.45) is 0 Å². The Morgan fingerprint density at radius 1 is 0.914 bits per heavy atom. The van der Waals surface area contributed by atoms with Crippen LogP contribution < -0.4 is 4.90 Å². The van der Waals surface area contributed by atoms with Crippen molar-refractivity contribution in [3.8, 4) is 5.75 Å². The lowest BCUT2D eigenvalue weighted by Crippen LogP contribution is -2.29. The molecule has 0 radical (unpaired) electrons. The van der Waals surface area contributed by atoms with Crippen molar-refractivity contribution in [2.75, 3.05) is 4.90 Å². The molecule has 1 atom stereocenters. The minimum atomic E-state index is -0.891. The van der Waals surface area contributed by atoms with E-state index in [1.54, 1.807) is 18.2 Å². The Morgan fingerprint density at radius 2 is 1.63 bits per heavy atom. The van der Waals surface area contributed by atoms with Gasteiger partial charge in [0.25, 0.3) is 5.78 Å². The average molecular weight is 485 g/mol. The summed E-state index contributed by atoms with van der Waals surface area (Å²) in [6.07, 6.45) is 0. The molecule has 6 nitrogen and oxygen atoms in total. The lowest BCUT2D eigenvalue weighted by Gasteiger charge is -2.23. The second-order valence-corrected chi connectivity index (χ2v) is 10.0. The van der Waals surface area contributed by atoms with Gasteiger partial charge in [-0.3, -0.25) is 14.5 Å². The monoisotopic (exact) mass is 484 g/mol. The Balaban J connectivity index is 1.77. The van der Waals surface area contributed by atoms with Crippen molar-refractivity contribution < 1.29 is 19.8 Å². The molecular weight excluding hydrogens is 460 g/mol. The molecule has 1 aliphatic heterocycles. The van der Waals surface area contributed by atoms with E-state index >= 15 is 0 Å². The lowest BCUT2D eigenvalue weighted by molar-refractivity contribution is -0.132. The van der Waals surface area contributed by atoms with Crippen LogP contribution >= 0.6 is 11.3 Å². The van der Waals surface area contributed by atoms with E-state index in [9.17, 15) is 19.8 Å². The number of aliphatic hydroxyl groups is 1. The van der Waals surface area contributed by atoms with E-state index in [0.717, 1.165) is 32.5 Å². The summed E-state index contributed by atoms with van der Waals surface area (Å²) >= 11 is 1.33. The van der Waals surface area contributed by atoms with Crippen molar-refractivity contribution in [1.29, 1.82) is 0 Å². The maximum Gasteiger partial charge on any atom is 0.301 e. The first-order chi connectivity index (χ1) is 16.7. The molecule has 1 amide bonds. The third-order valence-electron chi connectivity index (χ3n) is 6.33. The molecule has 2 N–H and O–H groups in total. The number of anilines is 1. The van der Waals surface area contributed by atoms with Gasteiger partial charge >= 0.3 is 5.91 Å². The fourth-order valence-corrected chi connectivity index (χ4v) is 5.77. The molecule has 1 aliphatic rings. The van der Waals surface area contributed by atoms with Crippen LogP contribution in [0.4, 0.5) is 5.13 Å². The number of nitrogens with zero attached hydrogens (tertiary/aromatic N) is 2. The van der Waals surface area contributed by atoms with Gasteiger partial charge in [0.1, 0.15) is 11.5 Å². The standard InChI is InChI=1S/C28H24N2O4S/c1-14-5-6-16(3)20(12-14)25(32)22-24(18-7-9-19(31)10-8-18)30(27(34)26(22)33)28-29-23-17(4)11-15(2)13-21(23)35-28/h5-13,24,31-32H,1-4H3/b25-22+. The van der Waals surface area contributed by atoms with Crippen LogP contribution in [0.5, 0.6) is 5.75 Å². The number of Topliss-reactive ketones (excluding diaryl/α,β-unsaturated/α-hetero) is 1. The predicted octanol–water partition coefficient (Wildman–Crippen LogP) is 5.86. The minimum Gasteiger partial charge on any atom is -0.508 e. The van der Waals surface area contributed by atoms with Crippen molar-refractivity contribution in [3.05, 3.63) is 93.6 Å². The molecule has 2 heterocycles. The summed E-state index contributed by atoms with van der Waals surface area (Å²) in [4.78, 5) is 32.9. The topological polar surface area (TPSA) is 90.7 Å². The summed E-state index contributed by atoms with van der Waals surface area (Å²) in [5.74, 6) is -1.68. The van der Waals surface area contributed by atoms with Gasteiger partial charge in [-0.15, -0.1) is 0 Å². The molecule has 3 aromatic carbocycles. The minimum absolute atomic E-state index is 0.00143. The number of amides is 1. The zero-order chi connectivity index (χ0) is 25.0. The number of phenolic OH excluding ortho intramolecular Hbond substituents is 1. The maximum absolute atomic E-state index is 13.4. The molecule has 4 aromatic rings. The zero-order valence-electron chi connectivity index (χ0n) is 19.8. The van der Waals surface area contributed by atoms with E-state index in [2.05, 4.69) is 0 Å². The first-order valence-electron chi connectivity index (χ1n) is 11.2. The highest BCUT2D eigenvalue weighted by atomic mass is 32.1. The van der Waals surface area contributed by atoms with Crippen LogP contribution in [-0.4, -0.2) is 26.9 Å². The van der Waals surface area contributed by atoms with Gasteiger partial charge in [0.05, 0.1) is 21.8 Å². The van der Waals surface area contributed by atoms with Crippen LogP contribution in [0.25, 0.3) is 16.0 Å². The number of aryl methyl sites for hydroxylation is 4. The molecule has 0 aliphatic carbocycles. The van der Waals surface area contributed by atoms with Crippen molar-refractivity contribution in [3.63, 3.8) is 0 Å². The lowest BCUT2D eigenvalue weighted by atomic mass is 9.93. The van der Waals surface area contributed by atoms with E-state index in [0.29, 0.717) is 16.3 Å². The Morgan fingerprint density at radius 3 is 2.34 bits per heavy atom. The number of hydrogen-bond acceptors (Lipinski definition) is 6. The second-order valence-electron chi connectivity index (χ2n) is 9.00. The number of aromatic nitrogens is 1. The number of carbonyl (C=O) groups is 2. The van der Waals surface area contributed by atoms with Crippen LogP contribution in [0.2, 0.25) is 0 Å². The molecule has 7 heteroatoms. The van der Waals surface area contributed by atoms with Gasteiger partial charge in [0.15, 0.2) is 5.13 Å². The Hall–Kier alpha value is -3.97. The molecule has 1 aromatic heterocycles. The summed E-state index contributed by atoms with van der Waals surface area (Å²) in [5, 5.41) is 21.6. The van der Waals surface area contributed by atoms with Crippen LogP contribution in [0.15, 0.2) is 60.2 Å². The Kier molecular flexibility index (Phi) is 5.44. The number of aromatic hydroxyl groups is 1. The number of rotatable bonds is 3. The number of carbonyl (C=O) groups excluding carboxylic acids is 2. The van der Waals surface area contributed by atoms with Gasteiger partial charge in [0, 0.05) is 5.56 Å². The summed E-state index contributed by atoms with van der Waals surface area (Å²) in [6, 6.07) is 15.0. The SMILES string of the molecule is Cc1ccc(C)c(/C(O)=C2\C(=O)C(=O)N(c3nc4c(C)cc(C)cc4s3)C2c2ccc(O)cc2)c1. The van der Waals surface area contributed by atoms with Crippen LogP contribution in [0, 0.1) is 27.7 Å². The third-order valence-corrected chi connectivity index (χ3v) is 7.33. The van der Waals surface area contributed by atoms with Gasteiger partial charge in [-0.05, 0) is 74.2 Å². The Labute approximate surface area is 206 Å². The van der Waals surface area contributed by atoms with E-state index in [-0.39, 0.29) is 17.1 Å². The number of hydrogen-bond donors (Lipinski definition) is 2. The highest BCUT2D eigenvalue weighted by Gasteiger charge is 2.48. The third kappa shape index (κ3) is 3.78. The largest absolute Gasteiger partial charge is 0.508 e. The maximum atomic E-state index is 13.4. The van der Waals surface area contributed by atoms with Gasteiger partial charge in [-0.1, -0.05) is 47.2 Å².